The van der Waals surface area contributed by atoms with Crippen molar-refractivity contribution in [2.45, 2.75) is 32.2 Å². The first kappa shape index (κ1) is 20.6. The van der Waals surface area contributed by atoms with E-state index in [2.05, 4.69) is 10.0 Å². The molecule has 1 atom stereocenters. The Kier molecular flexibility index (Phi) is 6.21. The van der Waals surface area contributed by atoms with Gasteiger partial charge < -0.3 is 14.6 Å². The Balaban J connectivity index is 1.73. The first-order valence-electron chi connectivity index (χ1n) is 8.95. The van der Waals surface area contributed by atoms with Crippen molar-refractivity contribution in [1.82, 2.24) is 9.62 Å². The molecule has 1 fully saturated rings. The van der Waals surface area contributed by atoms with Crippen LogP contribution < -0.4 is 10.0 Å². The number of piperidine rings is 1. The normalized spacial score (nSPS) is 17.5. The van der Waals surface area contributed by atoms with Gasteiger partial charge in [-0.25, -0.2) is 13.1 Å². The minimum absolute atomic E-state index is 0.138. The van der Waals surface area contributed by atoms with E-state index in [1.165, 1.54) is 17.6 Å². The lowest BCUT2D eigenvalue weighted by Gasteiger charge is -2.35. The Morgan fingerprint density at radius 1 is 1.36 bits per heavy atom. The van der Waals surface area contributed by atoms with Crippen LogP contribution >= 0.6 is 11.3 Å². The number of amides is 2. The molecule has 0 spiro atoms. The second kappa shape index (κ2) is 8.46. The highest BCUT2D eigenvalue weighted by Gasteiger charge is 2.30. The van der Waals surface area contributed by atoms with Gasteiger partial charge in [0.15, 0.2) is 5.76 Å². The van der Waals surface area contributed by atoms with Crippen LogP contribution in [0.4, 0.5) is 5.00 Å². The molecule has 2 aromatic rings. The van der Waals surface area contributed by atoms with Crippen LogP contribution in [-0.4, -0.2) is 50.5 Å². The fourth-order valence-electron chi connectivity index (χ4n) is 3.20. The van der Waals surface area contributed by atoms with Crippen molar-refractivity contribution in [2.75, 3.05) is 24.7 Å². The van der Waals surface area contributed by atoms with Gasteiger partial charge in [0.25, 0.3) is 11.8 Å². The molecule has 0 aromatic carbocycles. The lowest BCUT2D eigenvalue weighted by molar-refractivity contribution is 0.0623. The number of rotatable bonds is 6. The largest absolute Gasteiger partial charge is 0.459 e. The summed E-state index contributed by atoms with van der Waals surface area (Å²) in [5, 5.41) is 3.30. The van der Waals surface area contributed by atoms with Crippen molar-refractivity contribution in [3.8, 4) is 0 Å². The van der Waals surface area contributed by atoms with Crippen molar-refractivity contribution in [1.29, 1.82) is 0 Å². The highest BCUT2D eigenvalue weighted by atomic mass is 32.2. The van der Waals surface area contributed by atoms with E-state index < -0.39 is 10.0 Å². The van der Waals surface area contributed by atoms with E-state index in [1.54, 1.807) is 23.1 Å². The summed E-state index contributed by atoms with van der Waals surface area (Å²) in [6.07, 6.45) is 5.12. The number of hydrogen-bond donors (Lipinski definition) is 2. The molecule has 8 nitrogen and oxygen atoms in total. The number of anilines is 1. The highest BCUT2D eigenvalue weighted by molar-refractivity contribution is 7.88. The van der Waals surface area contributed by atoms with Gasteiger partial charge in [-0.3, -0.25) is 9.59 Å². The van der Waals surface area contributed by atoms with E-state index >= 15 is 0 Å². The Morgan fingerprint density at radius 3 is 2.82 bits per heavy atom. The number of nitrogens with one attached hydrogen (secondary N) is 2. The number of carbonyl (C=O) groups excluding carboxylic acids is 2. The van der Waals surface area contributed by atoms with Gasteiger partial charge in [-0.2, -0.15) is 0 Å². The Labute approximate surface area is 168 Å². The average molecular weight is 426 g/mol. The summed E-state index contributed by atoms with van der Waals surface area (Å²) in [7, 11) is -3.32. The van der Waals surface area contributed by atoms with Crippen LogP contribution in [0.1, 0.15) is 45.1 Å². The van der Waals surface area contributed by atoms with Gasteiger partial charge in [0.1, 0.15) is 0 Å². The van der Waals surface area contributed by atoms with Gasteiger partial charge in [0, 0.05) is 19.1 Å². The zero-order valence-corrected chi connectivity index (χ0v) is 17.4. The molecule has 3 rings (SSSR count). The third-order valence-corrected chi connectivity index (χ3v) is 6.39. The lowest BCUT2D eigenvalue weighted by atomic mass is 10.0. The number of nitrogens with zero attached hydrogens (tertiary/aromatic N) is 1. The zero-order chi connectivity index (χ0) is 20.3. The molecule has 0 aliphatic carbocycles. The molecule has 0 bridgehead atoms. The van der Waals surface area contributed by atoms with E-state index in [1.807, 2.05) is 6.92 Å². The summed E-state index contributed by atoms with van der Waals surface area (Å²) in [5.74, 6) is -0.318. The smallest absolute Gasteiger partial charge is 0.291 e. The van der Waals surface area contributed by atoms with Gasteiger partial charge in [-0.05, 0) is 49.9 Å². The Morgan fingerprint density at radius 2 is 2.14 bits per heavy atom. The van der Waals surface area contributed by atoms with E-state index in [9.17, 15) is 18.0 Å². The third-order valence-electron chi connectivity index (χ3n) is 4.56. The summed E-state index contributed by atoms with van der Waals surface area (Å²) in [4.78, 5) is 27.5. The standard InChI is InChI=1S/C18H23N3O5S2/c1-12-10-15(20-17(22)14-7-5-9-26-14)27-16(12)18(23)21-8-4-3-6-13(21)11-19-28(2,24)25/h5,7,9-10,13,19H,3-4,6,8,11H2,1-2H3,(H,20,22). The van der Waals surface area contributed by atoms with Gasteiger partial charge in [0.2, 0.25) is 10.0 Å². The van der Waals surface area contributed by atoms with E-state index in [0.717, 1.165) is 31.1 Å². The number of carbonyl (C=O) groups is 2. The van der Waals surface area contributed by atoms with E-state index in [0.29, 0.717) is 16.4 Å². The molecule has 28 heavy (non-hydrogen) atoms. The second-order valence-electron chi connectivity index (χ2n) is 6.82. The molecular weight excluding hydrogens is 402 g/mol. The van der Waals surface area contributed by atoms with Crippen molar-refractivity contribution in [2.24, 2.45) is 0 Å². The average Bonchev–Trinajstić information content (AvgIpc) is 3.29. The molecule has 10 heteroatoms. The molecule has 2 aromatic heterocycles. The highest BCUT2D eigenvalue weighted by Crippen LogP contribution is 2.30. The van der Waals surface area contributed by atoms with Gasteiger partial charge >= 0.3 is 0 Å². The maximum Gasteiger partial charge on any atom is 0.291 e. The maximum atomic E-state index is 13.1. The topological polar surface area (TPSA) is 109 Å². The summed E-state index contributed by atoms with van der Waals surface area (Å²) in [5.41, 5.74) is 0.769. The van der Waals surface area contributed by atoms with E-state index in [4.69, 9.17) is 4.42 Å². The zero-order valence-electron chi connectivity index (χ0n) is 15.7. The molecule has 1 aliphatic rings. The van der Waals surface area contributed by atoms with Gasteiger partial charge in [-0.1, -0.05) is 0 Å². The number of thiophene rings is 1. The van der Waals surface area contributed by atoms with Crippen LogP contribution in [0.5, 0.6) is 0 Å². The van der Waals surface area contributed by atoms with Crippen LogP contribution in [0, 0.1) is 6.92 Å². The summed E-state index contributed by atoms with van der Waals surface area (Å²) in [6, 6.07) is 4.77. The van der Waals surface area contributed by atoms with Crippen molar-refractivity contribution in [3.05, 3.63) is 40.7 Å². The molecule has 0 saturated carbocycles. The fourth-order valence-corrected chi connectivity index (χ4v) is 4.71. The summed E-state index contributed by atoms with van der Waals surface area (Å²) >= 11 is 1.21. The lowest BCUT2D eigenvalue weighted by Crippen LogP contribution is -2.49. The maximum absolute atomic E-state index is 13.1. The SMILES string of the molecule is Cc1cc(NC(=O)c2ccco2)sc1C(=O)N1CCCCC1CNS(C)(=O)=O. The van der Waals surface area contributed by atoms with Crippen LogP contribution in [0.2, 0.25) is 0 Å². The number of aryl methyl sites for hydroxylation is 1. The summed E-state index contributed by atoms with van der Waals surface area (Å²) < 4.78 is 30.4. The molecular formula is C18H23N3O5S2. The number of hydrogen-bond acceptors (Lipinski definition) is 6. The fraction of sp³-hybridized carbons (Fsp3) is 0.444. The van der Waals surface area contributed by atoms with Crippen LogP contribution in [-0.2, 0) is 10.0 Å². The number of likely N-dealkylation sites (tertiary alicyclic amines) is 1. The molecule has 1 unspecified atom stereocenters. The molecule has 1 aliphatic heterocycles. The van der Waals surface area contributed by atoms with Gasteiger partial charge in [-0.15, -0.1) is 11.3 Å². The first-order chi connectivity index (χ1) is 13.2. The first-order valence-corrected chi connectivity index (χ1v) is 11.7. The van der Waals surface area contributed by atoms with Crippen molar-refractivity contribution < 1.29 is 22.4 Å². The predicted molar refractivity (Wildman–Crippen MR) is 107 cm³/mol. The quantitative estimate of drug-likeness (QED) is 0.739. The minimum Gasteiger partial charge on any atom is -0.459 e. The van der Waals surface area contributed by atoms with Gasteiger partial charge in [0.05, 0.1) is 22.4 Å². The monoisotopic (exact) mass is 425 g/mol. The van der Waals surface area contributed by atoms with Crippen molar-refractivity contribution >= 4 is 38.2 Å². The molecule has 3 heterocycles. The van der Waals surface area contributed by atoms with E-state index in [-0.39, 0.29) is 30.2 Å². The number of furan rings is 1. The molecule has 0 radical (unpaired) electrons. The molecule has 1 saturated heterocycles. The Bertz CT molecular complexity index is 950. The predicted octanol–water partition coefficient (Wildman–Crippen LogP) is 2.45. The van der Waals surface area contributed by atoms with Crippen molar-refractivity contribution in [3.63, 3.8) is 0 Å². The molecule has 2 amide bonds. The minimum atomic E-state index is -3.32. The van der Waals surface area contributed by atoms with Crippen LogP contribution in [0.25, 0.3) is 0 Å². The van der Waals surface area contributed by atoms with Crippen LogP contribution in [0.3, 0.4) is 0 Å². The number of sulfonamides is 1. The second-order valence-corrected chi connectivity index (χ2v) is 9.71. The molecule has 152 valence electrons. The van der Waals surface area contributed by atoms with Crippen LogP contribution in [0.15, 0.2) is 28.9 Å². The third kappa shape index (κ3) is 5.00. The molecule has 2 N–H and O–H groups in total. The summed E-state index contributed by atoms with van der Waals surface area (Å²) in [6.45, 7) is 2.61. The Hall–Kier alpha value is -2.17.